The van der Waals surface area contributed by atoms with Crippen LogP contribution >= 0.6 is 0 Å². The Bertz CT molecular complexity index is 610. The SMILES string of the molecule is CC(CCCC(=O)O)NS(=O)(=O)c1c(F)cc(F)cc1F. The Morgan fingerprint density at radius 2 is 1.81 bits per heavy atom. The zero-order valence-electron chi connectivity index (χ0n) is 11.1. The van der Waals surface area contributed by atoms with Crippen molar-refractivity contribution in [3.63, 3.8) is 0 Å². The first-order valence-corrected chi connectivity index (χ1v) is 7.50. The van der Waals surface area contributed by atoms with E-state index in [0.29, 0.717) is 0 Å². The van der Waals surface area contributed by atoms with E-state index in [1.54, 1.807) is 0 Å². The zero-order valence-corrected chi connectivity index (χ0v) is 11.9. The van der Waals surface area contributed by atoms with Gasteiger partial charge in [0.1, 0.15) is 17.5 Å². The van der Waals surface area contributed by atoms with E-state index in [1.165, 1.54) is 6.92 Å². The summed E-state index contributed by atoms with van der Waals surface area (Å²) >= 11 is 0. The molecule has 118 valence electrons. The molecule has 1 atom stereocenters. The van der Waals surface area contributed by atoms with Gasteiger partial charge in [0.25, 0.3) is 0 Å². The minimum absolute atomic E-state index is 0.147. The van der Waals surface area contributed by atoms with Gasteiger partial charge in [0, 0.05) is 24.6 Å². The lowest BCUT2D eigenvalue weighted by atomic mass is 10.1. The van der Waals surface area contributed by atoms with E-state index in [9.17, 15) is 26.4 Å². The summed E-state index contributed by atoms with van der Waals surface area (Å²) in [6.45, 7) is 1.43. The van der Waals surface area contributed by atoms with E-state index < -0.39 is 44.4 Å². The lowest BCUT2D eigenvalue weighted by Gasteiger charge is -2.14. The molecule has 0 saturated heterocycles. The second-order valence-corrected chi connectivity index (χ2v) is 6.16. The fourth-order valence-electron chi connectivity index (χ4n) is 1.73. The van der Waals surface area contributed by atoms with Gasteiger partial charge in [0.05, 0.1) is 0 Å². The van der Waals surface area contributed by atoms with Gasteiger partial charge in [-0.1, -0.05) is 0 Å². The van der Waals surface area contributed by atoms with Crippen molar-refractivity contribution >= 4 is 16.0 Å². The summed E-state index contributed by atoms with van der Waals surface area (Å²) in [5.41, 5.74) is 0. The van der Waals surface area contributed by atoms with Crippen LogP contribution in [-0.2, 0) is 14.8 Å². The smallest absolute Gasteiger partial charge is 0.303 e. The summed E-state index contributed by atoms with van der Waals surface area (Å²) in [6.07, 6.45) is 0.231. The highest BCUT2D eigenvalue weighted by Gasteiger charge is 2.26. The van der Waals surface area contributed by atoms with Crippen LogP contribution in [0.1, 0.15) is 26.2 Å². The van der Waals surface area contributed by atoms with E-state index in [0.717, 1.165) is 0 Å². The first kappa shape index (κ1) is 17.4. The number of aliphatic carboxylic acids is 1. The van der Waals surface area contributed by atoms with Crippen molar-refractivity contribution in [3.8, 4) is 0 Å². The highest BCUT2D eigenvalue weighted by atomic mass is 32.2. The number of sulfonamides is 1. The van der Waals surface area contributed by atoms with E-state index in [2.05, 4.69) is 0 Å². The maximum atomic E-state index is 13.4. The van der Waals surface area contributed by atoms with Crippen LogP contribution in [0.3, 0.4) is 0 Å². The zero-order chi connectivity index (χ0) is 16.2. The van der Waals surface area contributed by atoms with Crippen molar-refractivity contribution in [2.45, 2.75) is 37.1 Å². The van der Waals surface area contributed by atoms with Gasteiger partial charge in [0.15, 0.2) is 4.90 Å². The molecule has 1 rings (SSSR count). The molecule has 0 aliphatic carbocycles. The average molecular weight is 325 g/mol. The van der Waals surface area contributed by atoms with Gasteiger partial charge in [-0.15, -0.1) is 0 Å². The number of benzene rings is 1. The second kappa shape index (κ2) is 6.90. The molecular weight excluding hydrogens is 311 g/mol. The molecule has 21 heavy (non-hydrogen) atoms. The van der Waals surface area contributed by atoms with E-state index in [-0.39, 0.29) is 31.4 Å². The van der Waals surface area contributed by atoms with Gasteiger partial charge < -0.3 is 5.11 Å². The maximum Gasteiger partial charge on any atom is 0.303 e. The standard InChI is InChI=1S/C12H14F3NO4S/c1-7(3-2-4-11(17)18)16-21(19,20)12-9(14)5-8(13)6-10(12)15/h5-7,16H,2-4H2,1H3,(H,17,18). The Morgan fingerprint density at radius 3 is 2.29 bits per heavy atom. The Balaban J connectivity index is 2.85. The van der Waals surface area contributed by atoms with Gasteiger partial charge in [0.2, 0.25) is 10.0 Å². The molecular formula is C12H14F3NO4S. The summed E-state index contributed by atoms with van der Waals surface area (Å²) in [7, 11) is -4.50. The van der Waals surface area contributed by atoms with Crippen LogP contribution in [-0.4, -0.2) is 25.5 Å². The van der Waals surface area contributed by atoms with Crippen LogP contribution in [0.25, 0.3) is 0 Å². The Morgan fingerprint density at radius 1 is 1.29 bits per heavy atom. The van der Waals surface area contributed by atoms with Gasteiger partial charge >= 0.3 is 5.97 Å². The van der Waals surface area contributed by atoms with Crippen LogP contribution in [0, 0.1) is 17.5 Å². The molecule has 0 radical (unpaired) electrons. The third kappa shape index (κ3) is 5.01. The quantitative estimate of drug-likeness (QED) is 0.803. The molecule has 1 aromatic rings. The summed E-state index contributed by atoms with van der Waals surface area (Å²) in [4.78, 5) is 9.08. The third-order valence-corrected chi connectivity index (χ3v) is 4.26. The lowest BCUT2D eigenvalue weighted by Crippen LogP contribution is -2.33. The van der Waals surface area contributed by atoms with Crippen molar-refractivity contribution in [2.75, 3.05) is 0 Å². The highest BCUT2D eigenvalue weighted by molar-refractivity contribution is 7.89. The molecule has 0 amide bonds. The Labute approximate surface area is 119 Å². The average Bonchev–Trinajstić information content (AvgIpc) is 2.24. The van der Waals surface area contributed by atoms with Crippen LogP contribution < -0.4 is 4.72 Å². The number of halogens is 3. The number of carboxylic acid groups (broad SMARTS) is 1. The van der Waals surface area contributed by atoms with Crippen molar-refractivity contribution in [3.05, 3.63) is 29.6 Å². The lowest BCUT2D eigenvalue weighted by molar-refractivity contribution is -0.137. The molecule has 0 spiro atoms. The van der Waals surface area contributed by atoms with E-state index in [1.807, 2.05) is 4.72 Å². The number of nitrogens with one attached hydrogen (secondary N) is 1. The Hall–Kier alpha value is -1.61. The van der Waals surface area contributed by atoms with Crippen LogP contribution in [0.2, 0.25) is 0 Å². The number of carboxylic acids is 1. The molecule has 0 heterocycles. The molecule has 0 aliphatic heterocycles. The minimum atomic E-state index is -4.50. The molecule has 1 aromatic carbocycles. The normalized spacial score (nSPS) is 13.1. The predicted molar refractivity (Wildman–Crippen MR) is 67.6 cm³/mol. The summed E-state index contributed by atoms with van der Waals surface area (Å²) in [6, 6.07) is -0.183. The van der Waals surface area contributed by atoms with Crippen molar-refractivity contribution in [2.24, 2.45) is 0 Å². The van der Waals surface area contributed by atoms with Crippen molar-refractivity contribution < 1.29 is 31.5 Å². The van der Waals surface area contributed by atoms with E-state index in [4.69, 9.17) is 5.11 Å². The molecule has 0 fully saturated rings. The van der Waals surface area contributed by atoms with Crippen LogP contribution in [0.5, 0.6) is 0 Å². The Kier molecular flexibility index (Phi) is 5.73. The second-order valence-electron chi connectivity index (χ2n) is 4.51. The van der Waals surface area contributed by atoms with Crippen LogP contribution in [0.15, 0.2) is 17.0 Å². The number of rotatable bonds is 7. The van der Waals surface area contributed by atoms with E-state index >= 15 is 0 Å². The topological polar surface area (TPSA) is 83.5 Å². The fraction of sp³-hybridized carbons (Fsp3) is 0.417. The summed E-state index contributed by atoms with van der Waals surface area (Å²) < 4.78 is 65.4. The first-order valence-electron chi connectivity index (χ1n) is 6.02. The van der Waals surface area contributed by atoms with Crippen molar-refractivity contribution in [1.82, 2.24) is 4.72 Å². The largest absolute Gasteiger partial charge is 0.481 e. The maximum absolute atomic E-state index is 13.4. The summed E-state index contributed by atoms with van der Waals surface area (Å²) in [5, 5.41) is 8.46. The molecule has 1 unspecified atom stereocenters. The number of hydrogen-bond acceptors (Lipinski definition) is 3. The summed E-state index contributed by atoms with van der Waals surface area (Å²) in [5.74, 6) is -5.31. The number of carbonyl (C=O) groups is 1. The molecule has 2 N–H and O–H groups in total. The predicted octanol–water partition coefficient (Wildman–Crippen LogP) is 2.03. The van der Waals surface area contributed by atoms with Gasteiger partial charge in [-0.3, -0.25) is 4.79 Å². The number of hydrogen-bond donors (Lipinski definition) is 2. The first-order chi connectivity index (χ1) is 9.63. The molecule has 0 aromatic heterocycles. The van der Waals surface area contributed by atoms with Gasteiger partial charge in [-0.2, -0.15) is 0 Å². The van der Waals surface area contributed by atoms with Crippen LogP contribution in [0.4, 0.5) is 13.2 Å². The van der Waals surface area contributed by atoms with Gasteiger partial charge in [-0.25, -0.2) is 26.3 Å². The molecule has 0 saturated carbocycles. The minimum Gasteiger partial charge on any atom is -0.481 e. The fourth-order valence-corrected chi connectivity index (χ4v) is 3.12. The monoisotopic (exact) mass is 325 g/mol. The molecule has 0 aliphatic rings. The molecule has 5 nitrogen and oxygen atoms in total. The third-order valence-electron chi connectivity index (χ3n) is 2.62. The van der Waals surface area contributed by atoms with Gasteiger partial charge in [-0.05, 0) is 19.8 Å². The molecule has 0 bridgehead atoms. The highest BCUT2D eigenvalue weighted by Crippen LogP contribution is 2.20. The van der Waals surface area contributed by atoms with Crippen molar-refractivity contribution in [1.29, 1.82) is 0 Å². The molecule has 9 heteroatoms.